The first kappa shape index (κ1) is 20.7. The Bertz CT molecular complexity index is 1100. The second-order valence-corrected chi connectivity index (χ2v) is 7.19. The molecule has 3 heterocycles. The van der Waals surface area contributed by atoms with E-state index in [1.165, 1.54) is 24.1 Å². The molecule has 0 radical (unpaired) electrons. The maximum Gasteiger partial charge on any atom is 0.416 e. The van der Waals surface area contributed by atoms with E-state index in [1.807, 2.05) is 6.92 Å². The monoisotopic (exact) mass is 431 g/mol. The first-order chi connectivity index (χ1) is 14.7. The van der Waals surface area contributed by atoms with Crippen molar-refractivity contribution in [2.75, 3.05) is 30.9 Å². The van der Waals surface area contributed by atoms with Gasteiger partial charge >= 0.3 is 6.18 Å². The zero-order valence-corrected chi connectivity index (χ0v) is 17.1. The number of carbonyl (C=O) groups excluding carboxylic acids is 1. The summed E-state index contributed by atoms with van der Waals surface area (Å²) < 4.78 is 45.6. The average molecular weight is 431 g/mol. The molecular formula is C21H20F3N5O2. The minimum atomic E-state index is -4.44. The fraction of sp³-hybridized carbons (Fsp3) is 0.286. The highest BCUT2D eigenvalue weighted by atomic mass is 19.4. The number of fused-ring (bicyclic) bond motifs is 1. The molecule has 0 aliphatic carbocycles. The Labute approximate surface area is 176 Å². The lowest BCUT2D eigenvalue weighted by atomic mass is 10.0. The highest BCUT2D eigenvalue weighted by molar-refractivity contribution is 6.09. The number of carbonyl (C=O) groups is 1. The van der Waals surface area contributed by atoms with E-state index < -0.39 is 11.7 Å². The van der Waals surface area contributed by atoms with E-state index in [4.69, 9.17) is 4.74 Å². The van der Waals surface area contributed by atoms with E-state index >= 15 is 0 Å². The van der Waals surface area contributed by atoms with Gasteiger partial charge in [-0.05, 0) is 42.8 Å². The predicted octanol–water partition coefficient (Wildman–Crippen LogP) is 4.24. The summed E-state index contributed by atoms with van der Waals surface area (Å²) in [4.78, 5) is 19.1. The molecule has 4 rings (SSSR count). The molecule has 0 fully saturated rings. The minimum Gasteiger partial charge on any atom is -0.481 e. The summed E-state index contributed by atoms with van der Waals surface area (Å²) in [5.74, 6) is 0.593. The second-order valence-electron chi connectivity index (χ2n) is 7.19. The Kier molecular flexibility index (Phi) is 5.08. The van der Waals surface area contributed by atoms with Crippen molar-refractivity contribution in [1.29, 1.82) is 0 Å². The third-order valence-corrected chi connectivity index (χ3v) is 5.19. The lowest BCUT2D eigenvalue weighted by molar-refractivity contribution is -0.137. The number of hydrogen-bond acceptors (Lipinski definition) is 5. The molecule has 1 N–H and O–H groups in total. The van der Waals surface area contributed by atoms with Crippen LogP contribution in [0.5, 0.6) is 5.88 Å². The molecule has 3 aromatic rings. The maximum absolute atomic E-state index is 13.4. The van der Waals surface area contributed by atoms with Crippen LogP contribution in [0.3, 0.4) is 0 Å². The molecule has 162 valence electrons. The molecule has 0 saturated carbocycles. The number of alkyl halides is 3. The van der Waals surface area contributed by atoms with E-state index in [0.29, 0.717) is 40.8 Å². The molecule has 1 aromatic carbocycles. The van der Waals surface area contributed by atoms with E-state index in [2.05, 4.69) is 15.4 Å². The number of halogens is 3. The van der Waals surface area contributed by atoms with Gasteiger partial charge in [0.25, 0.3) is 5.91 Å². The number of benzene rings is 1. The van der Waals surface area contributed by atoms with Crippen LogP contribution in [0.15, 0.2) is 42.6 Å². The normalized spacial score (nSPS) is 16.3. The SMILES string of the molecule is CNc1cc(-c2cnn3c2C(=O)N(c2ccc(C(F)(F)F)cc2)C[C@@H]3C)cc(OC)n1. The van der Waals surface area contributed by atoms with Crippen molar-refractivity contribution < 1.29 is 22.7 Å². The van der Waals surface area contributed by atoms with Crippen LogP contribution in [0.25, 0.3) is 11.1 Å². The van der Waals surface area contributed by atoms with Crippen LogP contribution in [0.2, 0.25) is 0 Å². The highest BCUT2D eigenvalue weighted by Crippen LogP contribution is 2.36. The Morgan fingerprint density at radius 2 is 1.90 bits per heavy atom. The van der Waals surface area contributed by atoms with Crippen molar-refractivity contribution in [2.45, 2.75) is 19.1 Å². The molecule has 1 atom stereocenters. The van der Waals surface area contributed by atoms with E-state index in [-0.39, 0.29) is 11.9 Å². The molecule has 7 nitrogen and oxygen atoms in total. The van der Waals surface area contributed by atoms with Crippen molar-refractivity contribution in [1.82, 2.24) is 14.8 Å². The highest BCUT2D eigenvalue weighted by Gasteiger charge is 2.35. The summed E-state index contributed by atoms with van der Waals surface area (Å²) >= 11 is 0. The number of amides is 1. The predicted molar refractivity (Wildman–Crippen MR) is 109 cm³/mol. The number of methoxy groups -OCH3 is 1. The molecule has 0 unspecified atom stereocenters. The fourth-order valence-electron chi connectivity index (χ4n) is 3.62. The number of rotatable bonds is 4. The third kappa shape index (κ3) is 3.69. The topological polar surface area (TPSA) is 72.3 Å². The standard InChI is InChI=1S/C21H20F3N5O2/c1-12-11-28(15-6-4-14(5-7-15)21(22,23)24)20(30)19-16(10-26-29(12)19)13-8-17(25-2)27-18(9-13)31-3/h4-10,12H,11H2,1-3H3,(H,25,27)/t12-/m0/s1. The summed E-state index contributed by atoms with van der Waals surface area (Å²) in [7, 11) is 3.22. The van der Waals surface area contributed by atoms with Gasteiger partial charge in [0.2, 0.25) is 5.88 Å². The van der Waals surface area contributed by atoms with Crippen molar-refractivity contribution in [3.8, 4) is 17.0 Å². The smallest absolute Gasteiger partial charge is 0.416 e. The number of ether oxygens (including phenoxy) is 1. The van der Waals surface area contributed by atoms with Crippen LogP contribution in [-0.4, -0.2) is 41.4 Å². The van der Waals surface area contributed by atoms with Gasteiger partial charge in [-0.2, -0.15) is 23.3 Å². The summed E-state index contributed by atoms with van der Waals surface area (Å²) in [5, 5.41) is 7.34. The van der Waals surface area contributed by atoms with Gasteiger partial charge in [-0.15, -0.1) is 0 Å². The molecule has 1 amide bonds. The molecule has 0 spiro atoms. The van der Waals surface area contributed by atoms with Gasteiger partial charge < -0.3 is 15.0 Å². The number of nitrogens with zero attached hydrogens (tertiary/aromatic N) is 4. The number of nitrogens with one attached hydrogen (secondary N) is 1. The average Bonchev–Trinajstić information content (AvgIpc) is 3.21. The largest absolute Gasteiger partial charge is 0.481 e. The van der Waals surface area contributed by atoms with Crippen molar-refractivity contribution >= 4 is 17.4 Å². The van der Waals surface area contributed by atoms with Gasteiger partial charge in [-0.25, -0.2) is 0 Å². The quantitative estimate of drug-likeness (QED) is 0.669. The summed E-state index contributed by atoms with van der Waals surface area (Å²) in [6.45, 7) is 2.19. The number of aromatic nitrogens is 3. The van der Waals surface area contributed by atoms with Gasteiger partial charge in [0, 0.05) is 30.9 Å². The van der Waals surface area contributed by atoms with Gasteiger partial charge in [0.15, 0.2) is 0 Å². The first-order valence-electron chi connectivity index (χ1n) is 9.53. The van der Waals surface area contributed by atoms with E-state index in [0.717, 1.165) is 12.1 Å². The van der Waals surface area contributed by atoms with Gasteiger partial charge in [0.05, 0.1) is 24.9 Å². The molecule has 1 aliphatic rings. The van der Waals surface area contributed by atoms with Gasteiger partial charge in [-0.1, -0.05) is 0 Å². The zero-order valence-electron chi connectivity index (χ0n) is 17.1. The third-order valence-electron chi connectivity index (χ3n) is 5.19. The van der Waals surface area contributed by atoms with Crippen LogP contribution in [-0.2, 0) is 6.18 Å². The lowest BCUT2D eigenvalue weighted by Gasteiger charge is -2.32. The molecule has 10 heteroatoms. The van der Waals surface area contributed by atoms with Crippen LogP contribution < -0.4 is 15.0 Å². The summed E-state index contributed by atoms with van der Waals surface area (Å²) in [6.07, 6.45) is -2.83. The second kappa shape index (κ2) is 7.60. The molecular weight excluding hydrogens is 411 g/mol. The van der Waals surface area contributed by atoms with Gasteiger partial charge in [-0.3, -0.25) is 9.48 Å². The van der Waals surface area contributed by atoms with E-state index in [1.54, 1.807) is 30.1 Å². The van der Waals surface area contributed by atoms with Crippen molar-refractivity contribution in [3.05, 3.63) is 53.9 Å². The molecule has 0 saturated heterocycles. The number of hydrogen-bond donors (Lipinski definition) is 1. The summed E-state index contributed by atoms with van der Waals surface area (Å²) in [5.41, 5.74) is 1.27. The molecule has 0 bridgehead atoms. The first-order valence-corrected chi connectivity index (χ1v) is 9.53. The van der Waals surface area contributed by atoms with Crippen molar-refractivity contribution in [2.24, 2.45) is 0 Å². The summed E-state index contributed by atoms with van der Waals surface area (Å²) in [6, 6.07) is 7.89. The Balaban J connectivity index is 1.76. The Morgan fingerprint density at radius 1 is 1.19 bits per heavy atom. The molecule has 31 heavy (non-hydrogen) atoms. The minimum absolute atomic E-state index is 0.170. The van der Waals surface area contributed by atoms with Gasteiger partial charge in [0.1, 0.15) is 11.5 Å². The number of pyridine rings is 1. The van der Waals surface area contributed by atoms with Crippen LogP contribution in [0.4, 0.5) is 24.7 Å². The lowest BCUT2D eigenvalue weighted by Crippen LogP contribution is -2.42. The maximum atomic E-state index is 13.4. The molecule has 1 aliphatic heterocycles. The van der Waals surface area contributed by atoms with Crippen LogP contribution in [0, 0.1) is 0 Å². The van der Waals surface area contributed by atoms with E-state index in [9.17, 15) is 18.0 Å². The zero-order chi connectivity index (χ0) is 22.3. The Hall–Kier alpha value is -3.56. The van der Waals surface area contributed by atoms with Crippen LogP contribution in [0.1, 0.15) is 29.0 Å². The van der Waals surface area contributed by atoms with Crippen LogP contribution >= 0.6 is 0 Å². The molecule has 2 aromatic heterocycles. The Morgan fingerprint density at radius 3 is 2.52 bits per heavy atom. The van der Waals surface area contributed by atoms with Crippen molar-refractivity contribution in [3.63, 3.8) is 0 Å². The fourth-order valence-corrected chi connectivity index (χ4v) is 3.62. The number of anilines is 2.